The van der Waals surface area contributed by atoms with Crippen molar-refractivity contribution in [1.29, 1.82) is 0 Å². The summed E-state index contributed by atoms with van der Waals surface area (Å²) in [5.74, 6) is -0.172. The summed E-state index contributed by atoms with van der Waals surface area (Å²) in [6, 6.07) is 64.6. The molecule has 0 radical (unpaired) electrons. The standard InChI is InChI=1S/C56H46FN/c57-47-31-23-45(24-32-47)55-51-15-7-9-17-53(51)56(54-18-10-8-16-52(54)55)46-29-37-50(38-30-46)58(48-33-25-43(26-34-48)40-13-5-2-6-14-40)49-35-27-44(28-36-49)42-21-19-41(20-22-42)39-11-3-1-4-12-39/h1-6,11-14,19-38H,7-10,15-18H2. The molecular weight excluding hydrogens is 706 g/mol. The molecule has 0 fully saturated rings. The first kappa shape index (κ1) is 35.9. The van der Waals surface area contributed by atoms with Crippen LogP contribution in [0.1, 0.15) is 47.9 Å². The van der Waals surface area contributed by atoms with Crippen LogP contribution in [0.4, 0.5) is 21.5 Å². The maximum Gasteiger partial charge on any atom is 0.123 e. The van der Waals surface area contributed by atoms with Gasteiger partial charge in [-0.25, -0.2) is 4.39 Å². The van der Waals surface area contributed by atoms with E-state index in [4.69, 9.17) is 0 Å². The monoisotopic (exact) mass is 751 g/mol. The van der Waals surface area contributed by atoms with Gasteiger partial charge in [0.25, 0.3) is 0 Å². The van der Waals surface area contributed by atoms with Gasteiger partial charge >= 0.3 is 0 Å². The molecule has 1 nitrogen and oxygen atoms in total. The van der Waals surface area contributed by atoms with Crippen LogP contribution in [-0.4, -0.2) is 0 Å². The largest absolute Gasteiger partial charge is 0.311 e. The minimum absolute atomic E-state index is 0.172. The lowest BCUT2D eigenvalue weighted by Gasteiger charge is -2.32. The molecule has 0 atom stereocenters. The SMILES string of the molecule is Fc1ccc(-c2c3c(c(-c4ccc(N(c5ccc(-c6ccccc6)cc5)c5ccc(-c6ccc(-c7ccccc7)cc6)cc5)cc4)c4c2CCCC4)CCCC3)cc1. The van der Waals surface area contributed by atoms with Gasteiger partial charge < -0.3 is 4.90 Å². The van der Waals surface area contributed by atoms with Gasteiger partial charge in [-0.1, -0.05) is 133 Å². The van der Waals surface area contributed by atoms with Crippen LogP contribution in [0, 0.1) is 5.82 Å². The maximum absolute atomic E-state index is 14.1. The molecule has 0 spiro atoms. The molecule has 2 heteroatoms. The summed E-state index contributed by atoms with van der Waals surface area (Å²) in [6.07, 6.45) is 9.17. The summed E-state index contributed by atoms with van der Waals surface area (Å²) in [5, 5.41) is 0. The zero-order valence-electron chi connectivity index (χ0n) is 32.8. The third kappa shape index (κ3) is 6.94. The molecule has 0 aromatic heterocycles. The Bertz CT molecular complexity index is 2620. The highest BCUT2D eigenvalue weighted by Crippen LogP contribution is 2.47. The van der Waals surface area contributed by atoms with Gasteiger partial charge in [0.1, 0.15) is 5.82 Å². The summed E-state index contributed by atoms with van der Waals surface area (Å²) >= 11 is 0. The van der Waals surface area contributed by atoms with Crippen molar-refractivity contribution in [2.24, 2.45) is 0 Å². The quantitative estimate of drug-likeness (QED) is 0.149. The fourth-order valence-electron chi connectivity index (χ4n) is 9.54. The molecule has 0 heterocycles. The first-order valence-electron chi connectivity index (χ1n) is 21.0. The van der Waals surface area contributed by atoms with Crippen molar-refractivity contribution in [3.05, 3.63) is 210 Å². The molecule has 10 rings (SSSR count). The molecule has 2 aliphatic rings. The molecule has 0 unspecified atom stereocenters. The lowest BCUT2D eigenvalue weighted by molar-refractivity contribution is 0.628. The predicted molar refractivity (Wildman–Crippen MR) is 242 cm³/mol. The average molecular weight is 752 g/mol. The average Bonchev–Trinajstić information content (AvgIpc) is 3.30. The maximum atomic E-state index is 14.1. The van der Waals surface area contributed by atoms with E-state index in [0.717, 1.165) is 42.7 Å². The number of fused-ring (bicyclic) bond motifs is 2. The van der Waals surface area contributed by atoms with Crippen molar-refractivity contribution in [1.82, 2.24) is 0 Å². The van der Waals surface area contributed by atoms with E-state index in [2.05, 4.69) is 163 Å². The number of hydrogen-bond acceptors (Lipinski definition) is 1. The van der Waals surface area contributed by atoms with Crippen molar-refractivity contribution >= 4 is 17.1 Å². The zero-order chi connectivity index (χ0) is 38.8. The second-order valence-corrected chi connectivity index (χ2v) is 15.9. The van der Waals surface area contributed by atoms with Crippen molar-refractivity contribution < 1.29 is 4.39 Å². The first-order chi connectivity index (χ1) is 28.7. The summed E-state index contributed by atoms with van der Waals surface area (Å²) in [7, 11) is 0. The second kappa shape index (κ2) is 15.8. The molecule has 0 bridgehead atoms. The summed E-state index contributed by atoms with van der Waals surface area (Å²) in [4.78, 5) is 2.38. The van der Waals surface area contributed by atoms with E-state index in [1.165, 1.54) is 104 Å². The number of halogens is 1. The van der Waals surface area contributed by atoms with Crippen LogP contribution in [0.15, 0.2) is 182 Å². The number of nitrogens with zero attached hydrogens (tertiary/aromatic N) is 1. The van der Waals surface area contributed by atoms with E-state index in [0.29, 0.717) is 0 Å². The summed E-state index contributed by atoms with van der Waals surface area (Å²) < 4.78 is 14.1. The van der Waals surface area contributed by atoms with Crippen LogP contribution in [0.3, 0.4) is 0 Å². The third-order valence-electron chi connectivity index (χ3n) is 12.4. The molecule has 8 aromatic carbocycles. The van der Waals surface area contributed by atoms with Crippen LogP contribution in [0.25, 0.3) is 55.6 Å². The van der Waals surface area contributed by atoms with Crippen LogP contribution in [0.2, 0.25) is 0 Å². The Morgan fingerprint density at radius 2 is 0.534 bits per heavy atom. The minimum atomic E-state index is -0.172. The molecule has 58 heavy (non-hydrogen) atoms. The molecule has 0 saturated heterocycles. The van der Waals surface area contributed by atoms with Gasteiger partial charge in [-0.05, 0) is 178 Å². The number of benzene rings is 8. The Labute approximate surface area is 342 Å². The summed E-state index contributed by atoms with van der Waals surface area (Å²) in [6.45, 7) is 0. The van der Waals surface area contributed by atoms with Crippen molar-refractivity contribution in [2.45, 2.75) is 51.4 Å². The Morgan fingerprint density at radius 3 is 0.862 bits per heavy atom. The Balaban J connectivity index is 1.03. The van der Waals surface area contributed by atoms with E-state index in [-0.39, 0.29) is 5.82 Å². The van der Waals surface area contributed by atoms with Crippen LogP contribution in [-0.2, 0) is 25.7 Å². The van der Waals surface area contributed by atoms with Gasteiger partial charge in [0.05, 0.1) is 0 Å². The number of rotatable bonds is 8. The Kier molecular flexibility index (Phi) is 9.77. The van der Waals surface area contributed by atoms with Crippen molar-refractivity contribution in [2.75, 3.05) is 4.90 Å². The molecular formula is C56H46FN. The fourth-order valence-corrected chi connectivity index (χ4v) is 9.54. The van der Waals surface area contributed by atoms with E-state index in [9.17, 15) is 4.39 Å². The van der Waals surface area contributed by atoms with Gasteiger partial charge in [-0.2, -0.15) is 0 Å². The van der Waals surface area contributed by atoms with Gasteiger partial charge in [-0.3, -0.25) is 0 Å². The zero-order valence-corrected chi connectivity index (χ0v) is 32.8. The Morgan fingerprint density at radius 1 is 0.276 bits per heavy atom. The van der Waals surface area contributed by atoms with E-state index >= 15 is 0 Å². The lowest BCUT2D eigenvalue weighted by Crippen LogP contribution is -2.15. The lowest BCUT2D eigenvalue weighted by atomic mass is 9.73. The molecule has 0 saturated carbocycles. The Hall–Kier alpha value is -6.51. The predicted octanol–water partition coefficient (Wildman–Crippen LogP) is 15.4. The molecule has 0 amide bonds. The first-order valence-corrected chi connectivity index (χ1v) is 21.0. The van der Waals surface area contributed by atoms with Gasteiger partial charge in [0, 0.05) is 17.1 Å². The highest BCUT2D eigenvalue weighted by atomic mass is 19.1. The number of hydrogen-bond donors (Lipinski definition) is 0. The molecule has 2 aliphatic carbocycles. The van der Waals surface area contributed by atoms with Gasteiger partial charge in [0.15, 0.2) is 0 Å². The van der Waals surface area contributed by atoms with Crippen LogP contribution >= 0.6 is 0 Å². The second-order valence-electron chi connectivity index (χ2n) is 15.9. The van der Waals surface area contributed by atoms with E-state index in [1.807, 2.05) is 12.1 Å². The normalized spacial score (nSPS) is 13.4. The van der Waals surface area contributed by atoms with Crippen molar-refractivity contribution in [3.63, 3.8) is 0 Å². The minimum Gasteiger partial charge on any atom is -0.311 e. The third-order valence-corrected chi connectivity index (χ3v) is 12.4. The van der Waals surface area contributed by atoms with Gasteiger partial charge in [-0.15, -0.1) is 0 Å². The smallest absolute Gasteiger partial charge is 0.123 e. The summed E-state index contributed by atoms with van der Waals surface area (Å²) in [5.41, 5.74) is 22.0. The van der Waals surface area contributed by atoms with Crippen molar-refractivity contribution in [3.8, 4) is 55.6 Å². The topological polar surface area (TPSA) is 3.24 Å². The van der Waals surface area contributed by atoms with Crippen LogP contribution < -0.4 is 4.90 Å². The molecule has 0 aliphatic heterocycles. The van der Waals surface area contributed by atoms with E-state index < -0.39 is 0 Å². The van der Waals surface area contributed by atoms with Gasteiger partial charge in [0.2, 0.25) is 0 Å². The molecule has 282 valence electrons. The van der Waals surface area contributed by atoms with Crippen LogP contribution in [0.5, 0.6) is 0 Å². The highest BCUT2D eigenvalue weighted by molar-refractivity contribution is 5.86. The fraction of sp³-hybridized carbons (Fsp3) is 0.143. The molecule has 0 N–H and O–H groups in total. The number of anilines is 3. The van der Waals surface area contributed by atoms with E-state index in [1.54, 1.807) is 12.1 Å². The highest BCUT2D eigenvalue weighted by Gasteiger charge is 2.28. The molecule has 8 aromatic rings.